The molecule has 5 heteroatoms. The van der Waals surface area contributed by atoms with Crippen LogP contribution in [0.3, 0.4) is 0 Å². The first-order valence-corrected chi connectivity index (χ1v) is 6.18. The molecule has 1 atom stereocenters. The van der Waals surface area contributed by atoms with E-state index in [0.29, 0.717) is 11.3 Å². The van der Waals surface area contributed by atoms with Gasteiger partial charge in [0.1, 0.15) is 11.9 Å². The molecular weight excluding hydrogens is 258 g/mol. The summed E-state index contributed by atoms with van der Waals surface area (Å²) in [6, 6.07) is 13.2. The third-order valence-electron chi connectivity index (χ3n) is 3.30. The largest absolute Gasteiger partial charge is 0.484 e. The maximum atomic E-state index is 12.1. The number of nitro benzene ring substituents is 1. The van der Waals surface area contributed by atoms with Gasteiger partial charge in [-0.05, 0) is 29.8 Å². The first-order valence-electron chi connectivity index (χ1n) is 6.18. The molecule has 0 unspecified atom stereocenters. The number of nitro groups is 1. The Bertz CT molecular complexity index is 679. The number of carbonyl (C=O) groups is 1. The topological polar surface area (TPSA) is 69.4 Å². The van der Waals surface area contributed by atoms with E-state index in [4.69, 9.17) is 4.74 Å². The van der Waals surface area contributed by atoms with Gasteiger partial charge >= 0.3 is 0 Å². The summed E-state index contributed by atoms with van der Waals surface area (Å²) >= 11 is 0. The Hall–Kier alpha value is -2.69. The van der Waals surface area contributed by atoms with Crippen molar-refractivity contribution in [1.29, 1.82) is 0 Å². The van der Waals surface area contributed by atoms with E-state index in [1.54, 1.807) is 30.3 Å². The number of Topliss-reactive ketones (excluding diaryl/α,β-unsaturated/α-hetero) is 1. The smallest absolute Gasteiger partial charge is 0.269 e. The lowest BCUT2D eigenvalue weighted by molar-refractivity contribution is -0.384. The SMILES string of the molecule is O=C1C[C@H](c2ccc([N+](=O)[O-])cc2)Oc2ccccc21. The minimum absolute atomic E-state index is 0.0233. The second-order valence-corrected chi connectivity index (χ2v) is 4.58. The van der Waals surface area contributed by atoms with Gasteiger partial charge in [-0.3, -0.25) is 14.9 Å². The second kappa shape index (κ2) is 4.77. The van der Waals surface area contributed by atoms with Crippen LogP contribution in [0.15, 0.2) is 48.5 Å². The van der Waals surface area contributed by atoms with Gasteiger partial charge in [-0.25, -0.2) is 0 Å². The molecule has 0 aliphatic carbocycles. The van der Waals surface area contributed by atoms with Gasteiger partial charge < -0.3 is 4.74 Å². The predicted octanol–water partition coefficient (Wildman–Crippen LogP) is 3.30. The number of rotatable bonds is 2. The van der Waals surface area contributed by atoms with Crippen LogP contribution in [0.25, 0.3) is 0 Å². The average Bonchev–Trinajstić information content (AvgIpc) is 2.47. The molecule has 0 spiro atoms. The Morgan fingerprint density at radius 3 is 2.50 bits per heavy atom. The standard InChI is InChI=1S/C15H11NO4/c17-13-9-15(20-14-4-2-1-3-12(13)14)10-5-7-11(8-6-10)16(18)19/h1-8,15H,9H2/t15-/m1/s1. The molecule has 0 saturated carbocycles. The molecule has 5 nitrogen and oxygen atoms in total. The molecule has 2 aromatic carbocycles. The molecule has 0 fully saturated rings. The van der Waals surface area contributed by atoms with Crippen LogP contribution >= 0.6 is 0 Å². The van der Waals surface area contributed by atoms with E-state index < -0.39 is 11.0 Å². The zero-order valence-electron chi connectivity index (χ0n) is 10.5. The van der Waals surface area contributed by atoms with Crippen molar-refractivity contribution in [2.45, 2.75) is 12.5 Å². The number of fused-ring (bicyclic) bond motifs is 1. The molecule has 0 saturated heterocycles. The fourth-order valence-corrected chi connectivity index (χ4v) is 2.27. The highest BCUT2D eigenvalue weighted by Crippen LogP contribution is 2.34. The van der Waals surface area contributed by atoms with Gasteiger partial charge in [0.25, 0.3) is 5.69 Å². The van der Waals surface area contributed by atoms with Crippen molar-refractivity contribution in [3.05, 3.63) is 69.8 Å². The summed E-state index contributed by atoms with van der Waals surface area (Å²) in [7, 11) is 0. The average molecular weight is 269 g/mol. The van der Waals surface area contributed by atoms with Gasteiger partial charge in [0.05, 0.1) is 16.9 Å². The molecule has 1 aliphatic heterocycles. The van der Waals surface area contributed by atoms with Crippen molar-refractivity contribution in [2.75, 3.05) is 0 Å². The lowest BCUT2D eigenvalue weighted by Crippen LogP contribution is -2.20. The molecule has 0 bridgehead atoms. The van der Waals surface area contributed by atoms with Crippen LogP contribution in [-0.4, -0.2) is 10.7 Å². The lowest BCUT2D eigenvalue weighted by atomic mass is 9.96. The number of non-ortho nitro benzene ring substituents is 1. The van der Waals surface area contributed by atoms with E-state index in [-0.39, 0.29) is 17.9 Å². The summed E-state index contributed by atoms with van der Waals surface area (Å²) in [5.74, 6) is 0.585. The van der Waals surface area contributed by atoms with Crippen LogP contribution in [0.5, 0.6) is 5.75 Å². The summed E-state index contributed by atoms with van der Waals surface area (Å²) in [5, 5.41) is 10.6. The summed E-state index contributed by atoms with van der Waals surface area (Å²) in [6.07, 6.45) is -0.146. The van der Waals surface area contributed by atoms with Crippen LogP contribution < -0.4 is 4.74 Å². The van der Waals surface area contributed by atoms with Crippen LogP contribution in [0.1, 0.15) is 28.4 Å². The lowest BCUT2D eigenvalue weighted by Gasteiger charge is -2.25. The molecule has 100 valence electrons. The molecule has 0 N–H and O–H groups in total. The molecule has 1 heterocycles. The number of hydrogen-bond donors (Lipinski definition) is 0. The summed E-state index contributed by atoms with van der Waals surface area (Å²) < 4.78 is 5.80. The predicted molar refractivity (Wildman–Crippen MR) is 71.9 cm³/mol. The van der Waals surface area contributed by atoms with Gasteiger partial charge in [-0.1, -0.05) is 12.1 Å². The number of nitrogens with zero attached hydrogens (tertiary/aromatic N) is 1. The number of para-hydroxylation sites is 1. The van der Waals surface area contributed by atoms with Crippen molar-refractivity contribution >= 4 is 11.5 Å². The van der Waals surface area contributed by atoms with Crippen LogP contribution in [0.4, 0.5) is 5.69 Å². The molecule has 0 amide bonds. The Morgan fingerprint density at radius 2 is 1.80 bits per heavy atom. The van der Waals surface area contributed by atoms with Crippen molar-refractivity contribution in [2.24, 2.45) is 0 Å². The van der Waals surface area contributed by atoms with E-state index >= 15 is 0 Å². The Labute approximate surface area is 115 Å². The van der Waals surface area contributed by atoms with E-state index in [0.717, 1.165) is 5.56 Å². The highest BCUT2D eigenvalue weighted by atomic mass is 16.6. The summed E-state index contributed by atoms with van der Waals surface area (Å²) in [6.45, 7) is 0. The van der Waals surface area contributed by atoms with Gasteiger partial charge in [-0.2, -0.15) is 0 Å². The Balaban J connectivity index is 1.90. The van der Waals surface area contributed by atoms with Crippen LogP contribution in [0, 0.1) is 10.1 Å². The first kappa shape index (κ1) is 12.3. The first-order chi connectivity index (χ1) is 9.65. The zero-order chi connectivity index (χ0) is 14.1. The summed E-state index contributed by atoms with van der Waals surface area (Å²) in [4.78, 5) is 22.2. The quantitative estimate of drug-likeness (QED) is 0.619. The van der Waals surface area contributed by atoms with Crippen molar-refractivity contribution < 1.29 is 14.5 Å². The number of benzene rings is 2. The third kappa shape index (κ3) is 2.14. The fourth-order valence-electron chi connectivity index (χ4n) is 2.27. The fraction of sp³-hybridized carbons (Fsp3) is 0.133. The maximum absolute atomic E-state index is 12.1. The molecule has 2 aromatic rings. The highest BCUT2D eigenvalue weighted by molar-refractivity contribution is 5.99. The highest BCUT2D eigenvalue weighted by Gasteiger charge is 2.27. The summed E-state index contributed by atoms with van der Waals surface area (Å²) in [5.41, 5.74) is 1.38. The second-order valence-electron chi connectivity index (χ2n) is 4.58. The monoisotopic (exact) mass is 269 g/mol. The van der Waals surface area contributed by atoms with E-state index in [1.807, 2.05) is 6.07 Å². The molecular formula is C15H11NO4. The van der Waals surface area contributed by atoms with Gasteiger partial charge in [0, 0.05) is 12.1 Å². The minimum atomic E-state index is -0.452. The Kier molecular flexibility index (Phi) is 2.95. The zero-order valence-corrected chi connectivity index (χ0v) is 10.5. The number of carbonyl (C=O) groups excluding carboxylic acids is 1. The van der Waals surface area contributed by atoms with Crippen molar-refractivity contribution in [1.82, 2.24) is 0 Å². The Morgan fingerprint density at radius 1 is 1.10 bits per heavy atom. The third-order valence-corrected chi connectivity index (χ3v) is 3.30. The molecule has 1 aliphatic rings. The van der Waals surface area contributed by atoms with Crippen LogP contribution in [-0.2, 0) is 0 Å². The van der Waals surface area contributed by atoms with Gasteiger partial charge in [0.2, 0.25) is 0 Å². The van der Waals surface area contributed by atoms with Gasteiger partial charge in [0.15, 0.2) is 5.78 Å². The number of ether oxygens (including phenoxy) is 1. The van der Waals surface area contributed by atoms with E-state index in [1.165, 1.54) is 12.1 Å². The molecule has 0 aromatic heterocycles. The minimum Gasteiger partial charge on any atom is -0.484 e. The maximum Gasteiger partial charge on any atom is 0.269 e. The molecule has 20 heavy (non-hydrogen) atoms. The number of hydrogen-bond acceptors (Lipinski definition) is 4. The van der Waals surface area contributed by atoms with E-state index in [9.17, 15) is 14.9 Å². The normalized spacial score (nSPS) is 17.2. The van der Waals surface area contributed by atoms with Crippen molar-refractivity contribution in [3.63, 3.8) is 0 Å². The van der Waals surface area contributed by atoms with Gasteiger partial charge in [-0.15, -0.1) is 0 Å². The van der Waals surface area contributed by atoms with Crippen LogP contribution in [0.2, 0.25) is 0 Å². The van der Waals surface area contributed by atoms with E-state index in [2.05, 4.69) is 0 Å². The molecule has 3 rings (SSSR count). The van der Waals surface area contributed by atoms with Crippen molar-refractivity contribution in [3.8, 4) is 5.75 Å². The number of ketones is 1. The molecule has 0 radical (unpaired) electrons.